The van der Waals surface area contributed by atoms with Crippen LogP contribution in [0.2, 0.25) is 0 Å². The second kappa shape index (κ2) is 38.5. The summed E-state index contributed by atoms with van der Waals surface area (Å²) in [6.45, 7) is 2.09. The number of phosphoric ester groups is 1. The average molecular weight is 773 g/mol. The van der Waals surface area contributed by atoms with Crippen molar-refractivity contribution in [2.24, 2.45) is 0 Å². The first-order valence-corrected chi connectivity index (χ1v) is 22.4. The number of aliphatic hydroxyl groups is 2. The number of carbonyl (C=O) groups excluding carboxylic acids is 2. The smallest absolute Gasteiger partial charge is 0.457 e. The lowest BCUT2D eigenvalue weighted by atomic mass is 10.0. The van der Waals surface area contributed by atoms with Crippen LogP contribution in [0, 0.1) is 0 Å². The molecule has 0 aliphatic rings. The van der Waals surface area contributed by atoms with E-state index >= 15 is 0 Å². The predicted octanol–water partition coefficient (Wildman–Crippen LogP) is 10.8. The summed E-state index contributed by atoms with van der Waals surface area (Å²) >= 11 is 0. The molecule has 3 N–H and O–H groups in total. The molecule has 0 bridgehead atoms. The van der Waals surface area contributed by atoms with E-state index in [0.717, 1.165) is 70.6 Å². The van der Waals surface area contributed by atoms with Crippen LogP contribution < -0.4 is 0 Å². The van der Waals surface area contributed by atoms with E-state index in [-0.39, 0.29) is 12.8 Å². The molecule has 0 saturated carbocycles. The van der Waals surface area contributed by atoms with E-state index in [4.69, 9.17) is 18.5 Å². The van der Waals surface area contributed by atoms with Crippen LogP contribution >= 0.6 is 7.82 Å². The quantitative estimate of drug-likeness (QED) is 0.0238. The molecule has 0 amide bonds. The first-order chi connectivity index (χ1) is 25.8. The normalized spacial score (nSPS) is 14.3. The monoisotopic (exact) mass is 773 g/mol. The molecule has 0 aliphatic carbocycles. The van der Waals surface area contributed by atoms with Crippen molar-refractivity contribution in [2.75, 3.05) is 26.4 Å². The molecule has 0 heterocycles. The number of hydrogen-bond donors (Lipinski definition) is 3. The Kier molecular flexibility index (Phi) is 37.2. The van der Waals surface area contributed by atoms with Gasteiger partial charge in [0.25, 0.3) is 0 Å². The Balaban J connectivity index is 3.94. The first-order valence-electron chi connectivity index (χ1n) is 20.9. The molecule has 0 aromatic heterocycles. The number of carbonyl (C=O) groups is 2. The molecule has 0 aromatic carbocycles. The molecule has 0 aliphatic heterocycles. The Morgan fingerprint density at radius 2 is 0.887 bits per heavy atom. The van der Waals surface area contributed by atoms with E-state index in [1.165, 1.54) is 70.6 Å². The highest BCUT2D eigenvalue weighted by Gasteiger charge is 2.27. The van der Waals surface area contributed by atoms with Gasteiger partial charge in [-0.05, 0) is 44.9 Å². The SMILES string of the molecule is CC/C=C\C/C=C\C/C=C\CCCCCCCCCC(=O)OC(CO)COP(=O)(O)OCC(CO)OC(=O)CCCCCCCCCCCCCCC. The number of rotatable bonds is 39. The summed E-state index contributed by atoms with van der Waals surface area (Å²) < 4.78 is 32.5. The first kappa shape index (κ1) is 51.2. The fraction of sp³-hybridized carbons (Fsp3) is 0.810. The lowest BCUT2D eigenvalue weighted by molar-refractivity contribution is -0.153. The van der Waals surface area contributed by atoms with Crippen LogP contribution in [-0.4, -0.2) is 65.7 Å². The minimum Gasteiger partial charge on any atom is -0.457 e. The lowest BCUT2D eigenvalue weighted by Crippen LogP contribution is -2.28. The minimum absolute atomic E-state index is 0.181. The van der Waals surface area contributed by atoms with Crippen molar-refractivity contribution in [3.05, 3.63) is 36.5 Å². The van der Waals surface area contributed by atoms with E-state index in [1.54, 1.807) is 0 Å². The van der Waals surface area contributed by atoms with Crippen LogP contribution in [0.15, 0.2) is 36.5 Å². The summed E-state index contributed by atoms with van der Waals surface area (Å²) in [6.07, 6.45) is 38.3. The van der Waals surface area contributed by atoms with Gasteiger partial charge in [0, 0.05) is 12.8 Å². The third-order valence-electron chi connectivity index (χ3n) is 8.87. The minimum atomic E-state index is -4.63. The molecular formula is C42H77O10P. The summed E-state index contributed by atoms with van der Waals surface area (Å²) in [5.74, 6) is -1.03. The van der Waals surface area contributed by atoms with Crippen molar-refractivity contribution in [3.63, 3.8) is 0 Å². The van der Waals surface area contributed by atoms with Crippen molar-refractivity contribution in [2.45, 2.75) is 193 Å². The zero-order valence-corrected chi connectivity index (χ0v) is 34.4. The van der Waals surface area contributed by atoms with Gasteiger partial charge in [-0.15, -0.1) is 0 Å². The van der Waals surface area contributed by atoms with Crippen LogP contribution in [0.5, 0.6) is 0 Å². The van der Waals surface area contributed by atoms with Crippen molar-refractivity contribution >= 4 is 19.8 Å². The van der Waals surface area contributed by atoms with Gasteiger partial charge in [-0.2, -0.15) is 0 Å². The van der Waals surface area contributed by atoms with E-state index in [2.05, 4.69) is 50.3 Å². The maximum atomic E-state index is 12.3. The van der Waals surface area contributed by atoms with Crippen molar-refractivity contribution < 1.29 is 47.8 Å². The van der Waals surface area contributed by atoms with Gasteiger partial charge in [0.15, 0.2) is 0 Å². The van der Waals surface area contributed by atoms with Crippen molar-refractivity contribution in [1.82, 2.24) is 0 Å². The van der Waals surface area contributed by atoms with Gasteiger partial charge in [0.2, 0.25) is 0 Å². The Morgan fingerprint density at radius 3 is 1.28 bits per heavy atom. The molecule has 0 spiro atoms. The molecule has 0 fully saturated rings. The fourth-order valence-corrected chi connectivity index (χ4v) is 6.44. The number of unbranched alkanes of at least 4 members (excludes halogenated alkanes) is 19. The molecular weight excluding hydrogens is 695 g/mol. The number of allylic oxidation sites excluding steroid dienone is 6. The number of phosphoric acid groups is 1. The standard InChI is InChI=1S/C42H77O10P/c1-3-5-7-9-11-13-15-17-18-19-20-22-24-26-28-30-32-34-42(46)52-40(36-44)38-50-53(47,48)49-37-39(35-43)51-41(45)33-31-29-27-25-23-21-16-14-12-10-8-6-4-2/h5,7,11,13,17-18,39-40,43-44H,3-4,6,8-10,12,14-16,19-38H2,1-2H3,(H,47,48)/b7-5-,13-11-,18-17-. The van der Waals surface area contributed by atoms with E-state index in [0.29, 0.717) is 12.8 Å². The molecule has 0 radical (unpaired) electrons. The van der Waals surface area contributed by atoms with E-state index < -0.39 is 58.4 Å². The molecule has 310 valence electrons. The third kappa shape index (κ3) is 36.9. The molecule has 3 unspecified atom stereocenters. The van der Waals surface area contributed by atoms with Crippen molar-refractivity contribution in [1.29, 1.82) is 0 Å². The van der Waals surface area contributed by atoms with Gasteiger partial charge in [-0.25, -0.2) is 4.57 Å². The largest absolute Gasteiger partial charge is 0.472 e. The van der Waals surface area contributed by atoms with Crippen LogP contribution in [0.3, 0.4) is 0 Å². The van der Waals surface area contributed by atoms with E-state index in [9.17, 15) is 29.3 Å². The average Bonchev–Trinajstić information content (AvgIpc) is 3.14. The topological polar surface area (TPSA) is 149 Å². The Bertz CT molecular complexity index is 983. The van der Waals surface area contributed by atoms with Crippen molar-refractivity contribution in [3.8, 4) is 0 Å². The Morgan fingerprint density at radius 1 is 0.528 bits per heavy atom. The Hall–Kier alpha value is -1.81. The van der Waals surface area contributed by atoms with Gasteiger partial charge in [-0.3, -0.25) is 18.6 Å². The maximum absolute atomic E-state index is 12.3. The Labute approximate surface area is 322 Å². The zero-order chi connectivity index (χ0) is 39.1. The molecule has 0 saturated heterocycles. The predicted molar refractivity (Wildman–Crippen MR) is 214 cm³/mol. The summed E-state index contributed by atoms with van der Waals surface area (Å²) in [4.78, 5) is 34.5. The van der Waals surface area contributed by atoms with Gasteiger partial charge in [-0.1, -0.05) is 159 Å². The molecule has 10 nitrogen and oxygen atoms in total. The van der Waals surface area contributed by atoms with Crippen LogP contribution in [0.1, 0.15) is 181 Å². The lowest BCUT2D eigenvalue weighted by Gasteiger charge is -2.20. The highest BCUT2D eigenvalue weighted by Crippen LogP contribution is 2.43. The summed E-state index contributed by atoms with van der Waals surface area (Å²) in [5, 5.41) is 19.1. The van der Waals surface area contributed by atoms with Crippen LogP contribution in [0.25, 0.3) is 0 Å². The second-order valence-electron chi connectivity index (χ2n) is 13.9. The summed E-state index contributed by atoms with van der Waals surface area (Å²) in [5.41, 5.74) is 0. The van der Waals surface area contributed by atoms with E-state index in [1.807, 2.05) is 0 Å². The summed E-state index contributed by atoms with van der Waals surface area (Å²) in [6, 6.07) is 0. The number of aliphatic hydroxyl groups excluding tert-OH is 2. The highest BCUT2D eigenvalue weighted by atomic mass is 31.2. The molecule has 0 aromatic rings. The third-order valence-corrected chi connectivity index (χ3v) is 9.82. The fourth-order valence-electron chi connectivity index (χ4n) is 5.66. The molecule has 3 atom stereocenters. The number of esters is 2. The number of hydrogen-bond acceptors (Lipinski definition) is 9. The van der Waals surface area contributed by atoms with Gasteiger partial charge < -0.3 is 24.6 Å². The molecule has 53 heavy (non-hydrogen) atoms. The number of ether oxygens (including phenoxy) is 2. The zero-order valence-electron chi connectivity index (χ0n) is 33.5. The second-order valence-corrected chi connectivity index (χ2v) is 15.4. The summed E-state index contributed by atoms with van der Waals surface area (Å²) in [7, 11) is -4.63. The van der Waals surface area contributed by atoms with Crippen LogP contribution in [0.4, 0.5) is 0 Å². The molecule has 11 heteroatoms. The van der Waals surface area contributed by atoms with Gasteiger partial charge in [0.05, 0.1) is 26.4 Å². The molecule has 0 rings (SSSR count). The van der Waals surface area contributed by atoms with Gasteiger partial charge >= 0.3 is 19.8 Å². The van der Waals surface area contributed by atoms with Crippen LogP contribution in [-0.2, 0) is 32.7 Å². The highest BCUT2D eigenvalue weighted by molar-refractivity contribution is 7.47. The van der Waals surface area contributed by atoms with Gasteiger partial charge in [0.1, 0.15) is 12.2 Å². The maximum Gasteiger partial charge on any atom is 0.472 e.